The van der Waals surface area contributed by atoms with Crippen molar-refractivity contribution in [2.75, 3.05) is 17.5 Å². The highest BCUT2D eigenvalue weighted by molar-refractivity contribution is 7.92. The summed E-state index contributed by atoms with van der Waals surface area (Å²) in [7, 11) is -3.92. The fraction of sp³-hybridized carbons (Fsp3) is 0.278. The lowest BCUT2D eigenvalue weighted by molar-refractivity contribution is -0.136. The average Bonchev–Trinajstić information content (AvgIpc) is 2.56. The van der Waals surface area contributed by atoms with E-state index in [9.17, 15) is 13.2 Å². The number of aliphatic carboxylic acids is 1. The number of benzene rings is 2. The number of rotatable bonds is 8. The largest absolute Gasteiger partial charge is 0.492 e. The maximum Gasteiger partial charge on any atom is 0.305 e. The Morgan fingerprint density at radius 1 is 1.12 bits per heavy atom. The number of aryl methyl sites for hydroxylation is 1. The summed E-state index contributed by atoms with van der Waals surface area (Å²) < 4.78 is 32.8. The van der Waals surface area contributed by atoms with E-state index in [0.29, 0.717) is 18.0 Å². The van der Waals surface area contributed by atoms with Crippen LogP contribution in [-0.2, 0) is 14.8 Å². The topological polar surface area (TPSA) is 83.9 Å². The zero-order valence-corrected chi connectivity index (χ0v) is 15.0. The van der Waals surface area contributed by atoms with Crippen LogP contribution in [0.25, 0.3) is 0 Å². The summed E-state index contributed by atoms with van der Waals surface area (Å²) in [4.78, 5) is 11.1. The Hall–Kier alpha value is -2.54. The monoisotopic (exact) mass is 363 g/mol. The molecule has 6 nitrogen and oxygen atoms in total. The summed E-state index contributed by atoms with van der Waals surface area (Å²) in [5, 5.41) is 9.00. The molecule has 0 radical (unpaired) electrons. The summed E-state index contributed by atoms with van der Waals surface area (Å²) >= 11 is 0. The third kappa shape index (κ3) is 4.51. The second-order valence-corrected chi connectivity index (χ2v) is 7.30. The number of nitrogens with zero attached hydrogens (tertiary/aromatic N) is 1. The molecule has 1 N–H and O–H groups in total. The minimum atomic E-state index is -3.92. The van der Waals surface area contributed by atoms with Gasteiger partial charge in [0.2, 0.25) is 0 Å². The summed E-state index contributed by atoms with van der Waals surface area (Å²) in [6, 6.07) is 13.1. The number of carboxylic acid groups (broad SMARTS) is 1. The predicted molar refractivity (Wildman–Crippen MR) is 95.6 cm³/mol. The Balaban J connectivity index is 2.52. The van der Waals surface area contributed by atoms with Crippen LogP contribution in [0.1, 0.15) is 18.9 Å². The highest BCUT2D eigenvalue weighted by Crippen LogP contribution is 2.32. The molecule has 0 aliphatic rings. The van der Waals surface area contributed by atoms with Crippen molar-refractivity contribution in [3.05, 3.63) is 54.1 Å². The number of para-hydroxylation sites is 2. The Morgan fingerprint density at radius 2 is 1.76 bits per heavy atom. The first-order chi connectivity index (χ1) is 11.9. The van der Waals surface area contributed by atoms with Gasteiger partial charge in [0.15, 0.2) is 0 Å². The number of carbonyl (C=O) groups is 1. The SMILES string of the molecule is CCOc1ccccc1N(CCC(=O)O)S(=O)(=O)c1ccc(C)cc1. The van der Waals surface area contributed by atoms with Gasteiger partial charge in [0.1, 0.15) is 5.75 Å². The molecule has 0 heterocycles. The number of hydrogen-bond acceptors (Lipinski definition) is 4. The summed E-state index contributed by atoms with van der Waals surface area (Å²) in [5.41, 5.74) is 1.26. The second-order valence-electron chi connectivity index (χ2n) is 5.43. The maximum atomic E-state index is 13.1. The molecule has 0 atom stereocenters. The van der Waals surface area contributed by atoms with E-state index in [2.05, 4.69) is 0 Å². The van der Waals surface area contributed by atoms with Crippen molar-refractivity contribution < 1.29 is 23.1 Å². The van der Waals surface area contributed by atoms with Crippen LogP contribution < -0.4 is 9.04 Å². The Bertz CT molecular complexity index is 831. The number of ether oxygens (including phenoxy) is 1. The fourth-order valence-electron chi connectivity index (χ4n) is 2.35. The van der Waals surface area contributed by atoms with Gasteiger partial charge in [0, 0.05) is 6.54 Å². The summed E-state index contributed by atoms with van der Waals surface area (Å²) in [6.45, 7) is 3.85. The zero-order valence-electron chi connectivity index (χ0n) is 14.2. The van der Waals surface area contributed by atoms with Crippen LogP contribution in [0.15, 0.2) is 53.4 Å². The minimum absolute atomic E-state index is 0.106. The van der Waals surface area contributed by atoms with Gasteiger partial charge in [-0.3, -0.25) is 9.10 Å². The molecule has 2 aromatic carbocycles. The van der Waals surface area contributed by atoms with E-state index in [0.717, 1.165) is 9.87 Å². The van der Waals surface area contributed by atoms with Gasteiger partial charge in [0.25, 0.3) is 10.0 Å². The molecule has 134 valence electrons. The van der Waals surface area contributed by atoms with E-state index in [-0.39, 0.29) is 17.9 Å². The summed E-state index contributed by atoms with van der Waals surface area (Å²) in [5.74, 6) is -0.677. The average molecular weight is 363 g/mol. The lowest BCUT2D eigenvalue weighted by Crippen LogP contribution is -2.33. The Kier molecular flexibility index (Phi) is 6.03. The number of anilines is 1. The van der Waals surface area contributed by atoms with Gasteiger partial charge in [0.05, 0.1) is 23.6 Å². The van der Waals surface area contributed by atoms with Crippen LogP contribution in [0, 0.1) is 6.92 Å². The first kappa shape index (κ1) is 18.8. The Morgan fingerprint density at radius 3 is 2.36 bits per heavy atom. The molecule has 0 fully saturated rings. The first-order valence-corrected chi connectivity index (χ1v) is 9.33. The molecule has 0 unspecified atom stereocenters. The molecule has 0 saturated carbocycles. The van der Waals surface area contributed by atoms with Crippen molar-refractivity contribution >= 4 is 21.7 Å². The molecule has 0 spiro atoms. The van der Waals surface area contributed by atoms with Gasteiger partial charge in [-0.2, -0.15) is 0 Å². The van der Waals surface area contributed by atoms with Crippen molar-refractivity contribution in [2.45, 2.75) is 25.2 Å². The van der Waals surface area contributed by atoms with Crippen molar-refractivity contribution in [3.63, 3.8) is 0 Å². The van der Waals surface area contributed by atoms with Crippen molar-refractivity contribution in [1.82, 2.24) is 0 Å². The van der Waals surface area contributed by atoms with Crippen LogP contribution >= 0.6 is 0 Å². The molecule has 0 bridgehead atoms. The van der Waals surface area contributed by atoms with E-state index in [1.54, 1.807) is 43.3 Å². The minimum Gasteiger partial charge on any atom is -0.492 e. The van der Waals surface area contributed by atoms with Crippen LogP contribution in [0.3, 0.4) is 0 Å². The first-order valence-electron chi connectivity index (χ1n) is 7.89. The Labute approximate surface area is 147 Å². The molecular formula is C18H21NO5S. The molecule has 0 amide bonds. The molecule has 0 aliphatic carbocycles. The predicted octanol–water partition coefficient (Wildman–Crippen LogP) is 3.06. The molecular weight excluding hydrogens is 342 g/mol. The van der Waals surface area contributed by atoms with Crippen LogP contribution in [-0.4, -0.2) is 32.6 Å². The van der Waals surface area contributed by atoms with Crippen LogP contribution in [0.5, 0.6) is 5.75 Å². The molecule has 0 aliphatic heterocycles. The second kappa shape index (κ2) is 8.02. The van der Waals surface area contributed by atoms with Gasteiger partial charge < -0.3 is 9.84 Å². The van der Waals surface area contributed by atoms with Gasteiger partial charge in [-0.1, -0.05) is 29.8 Å². The third-order valence-electron chi connectivity index (χ3n) is 3.57. The molecule has 0 aromatic heterocycles. The van der Waals surface area contributed by atoms with E-state index < -0.39 is 16.0 Å². The molecule has 7 heteroatoms. The third-order valence-corrected chi connectivity index (χ3v) is 5.40. The standard InChI is InChI=1S/C18H21NO5S/c1-3-24-17-7-5-4-6-16(17)19(13-12-18(20)21)25(22,23)15-10-8-14(2)9-11-15/h4-11H,3,12-13H2,1-2H3,(H,20,21). The highest BCUT2D eigenvalue weighted by atomic mass is 32.2. The molecule has 2 rings (SSSR count). The van der Waals surface area contributed by atoms with Crippen molar-refractivity contribution in [1.29, 1.82) is 0 Å². The van der Waals surface area contributed by atoms with Gasteiger partial charge in [-0.25, -0.2) is 8.42 Å². The number of hydrogen-bond donors (Lipinski definition) is 1. The smallest absolute Gasteiger partial charge is 0.305 e. The maximum absolute atomic E-state index is 13.1. The quantitative estimate of drug-likeness (QED) is 0.779. The van der Waals surface area contributed by atoms with E-state index in [1.165, 1.54) is 12.1 Å². The molecule has 0 saturated heterocycles. The van der Waals surface area contributed by atoms with E-state index >= 15 is 0 Å². The van der Waals surface area contributed by atoms with Crippen molar-refractivity contribution in [2.24, 2.45) is 0 Å². The van der Waals surface area contributed by atoms with Gasteiger partial charge in [-0.05, 0) is 38.1 Å². The van der Waals surface area contributed by atoms with Gasteiger partial charge in [-0.15, -0.1) is 0 Å². The lowest BCUT2D eigenvalue weighted by atomic mass is 10.2. The summed E-state index contributed by atoms with van der Waals surface area (Å²) in [6.07, 6.45) is -0.314. The van der Waals surface area contributed by atoms with Crippen LogP contribution in [0.4, 0.5) is 5.69 Å². The lowest BCUT2D eigenvalue weighted by Gasteiger charge is -2.26. The molecule has 2 aromatic rings. The number of sulfonamides is 1. The normalized spacial score (nSPS) is 11.1. The molecule has 25 heavy (non-hydrogen) atoms. The highest BCUT2D eigenvalue weighted by Gasteiger charge is 2.27. The van der Waals surface area contributed by atoms with Crippen LogP contribution in [0.2, 0.25) is 0 Å². The fourth-order valence-corrected chi connectivity index (χ4v) is 3.82. The number of carboxylic acids is 1. The van der Waals surface area contributed by atoms with Crippen molar-refractivity contribution in [3.8, 4) is 5.75 Å². The zero-order chi connectivity index (χ0) is 18.4. The van der Waals surface area contributed by atoms with E-state index in [4.69, 9.17) is 9.84 Å². The van der Waals surface area contributed by atoms with Gasteiger partial charge >= 0.3 is 5.97 Å². The van der Waals surface area contributed by atoms with E-state index in [1.807, 2.05) is 6.92 Å².